The molecule has 3 heteroatoms. The minimum atomic E-state index is 0.951. The first-order valence-corrected chi connectivity index (χ1v) is 4.89. The lowest BCUT2D eigenvalue weighted by atomic mass is 10.1. The average Bonchev–Trinajstić information content (AvgIpc) is 2.38. The Hall–Kier alpha value is -1.22. The number of likely N-dealkylation sites (N-methyl/N-ethyl adjacent to an activating group) is 1. The van der Waals surface area contributed by atoms with Crippen LogP contribution >= 0.6 is 0 Å². The zero-order chi connectivity index (χ0) is 9.97. The number of fused-ring (bicyclic) bond motifs is 1. The Balaban J connectivity index is 2.40. The molecule has 0 saturated heterocycles. The van der Waals surface area contributed by atoms with Crippen LogP contribution in [-0.4, -0.2) is 32.1 Å². The van der Waals surface area contributed by atoms with Crippen LogP contribution in [0.15, 0.2) is 18.2 Å². The van der Waals surface area contributed by atoms with Gasteiger partial charge in [0.15, 0.2) is 0 Å². The van der Waals surface area contributed by atoms with Crippen LogP contribution in [0.3, 0.4) is 0 Å². The lowest BCUT2D eigenvalue weighted by Gasteiger charge is -2.15. The summed E-state index contributed by atoms with van der Waals surface area (Å²) >= 11 is 0. The van der Waals surface area contributed by atoms with E-state index in [1.807, 2.05) is 12.1 Å². The van der Waals surface area contributed by atoms with Crippen molar-refractivity contribution in [1.82, 2.24) is 4.90 Å². The summed E-state index contributed by atoms with van der Waals surface area (Å²) in [7, 11) is 3.85. The molecule has 0 atom stereocenters. The molecule has 1 heterocycles. The molecule has 0 radical (unpaired) electrons. The van der Waals surface area contributed by atoms with E-state index in [4.69, 9.17) is 4.74 Å². The topological polar surface area (TPSA) is 24.5 Å². The number of anilines is 1. The molecular weight excluding hydrogens is 176 g/mol. The fourth-order valence-electron chi connectivity index (χ4n) is 1.82. The van der Waals surface area contributed by atoms with Crippen LogP contribution in [0.4, 0.5) is 5.69 Å². The summed E-state index contributed by atoms with van der Waals surface area (Å²) in [4.78, 5) is 2.29. The van der Waals surface area contributed by atoms with E-state index in [-0.39, 0.29) is 0 Å². The molecule has 2 rings (SSSR count). The highest BCUT2D eigenvalue weighted by molar-refractivity contribution is 5.58. The Morgan fingerprint density at radius 3 is 3.07 bits per heavy atom. The molecule has 1 aromatic rings. The van der Waals surface area contributed by atoms with Gasteiger partial charge < -0.3 is 15.0 Å². The molecule has 3 nitrogen and oxygen atoms in total. The van der Waals surface area contributed by atoms with Crippen molar-refractivity contribution in [1.29, 1.82) is 0 Å². The number of rotatable bonds is 1. The predicted octanol–water partition coefficient (Wildman–Crippen LogP) is 1.55. The lowest BCUT2D eigenvalue weighted by Crippen LogP contribution is -2.20. The summed E-state index contributed by atoms with van der Waals surface area (Å²) in [5.41, 5.74) is 2.46. The van der Waals surface area contributed by atoms with Crippen molar-refractivity contribution in [2.24, 2.45) is 0 Å². The molecule has 0 bridgehead atoms. The highest BCUT2D eigenvalue weighted by Crippen LogP contribution is 2.28. The Kier molecular flexibility index (Phi) is 2.59. The molecule has 0 spiro atoms. The molecule has 0 unspecified atom stereocenters. The molecule has 0 aromatic heterocycles. The summed E-state index contributed by atoms with van der Waals surface area (Å²) < 4.78 is 5.35. The van der Waals surface area contributed by atoms with Crippen LogP contribution in [0.5, 0.6) is 5.75 Å². The van der Waals surface area contributed by atoms with Crippen LogP contribution in [0.2, 0.25) is 0 Å². The summed E-state index contributed by atoms with van der Waals surface area (Å²) in [6.45, 7) is 3.01. The van der Waals surface area contributed by atoms with Gasteiger partial charge in [-0.25, -0.2) is 0 Å². The number of nitrogens with one attached hydrogen (secondary N) is 1. The third-order valence-electron chi connectivity index (χ3n) is 2.59. The van der Waals surface area contributed by atoms with Gasteiger partial charge in [0.05, 0.1) is 7.11 Å². The molecule has 0 saturated carbocycles. The maximum absolute atomic E-state index is 5.35. The second kappa shape index (κ2) is 3.88. The normalized spacial score (nSPS) is 16.7. The average molecular weight is 192 g/mol. The molecule has 0 aliphatic carbocycles. The molecule has 0 amide bonds. The number of methoxy groups -OCH3 is 1. The first-order chi connectivity index (χ1) is 6.81. The molecule has 1 aliphatic heterocycles. The summed E-state index contributed by atoms with van der Waals surface area (Å²) in [6, 6.07) is 6.15. The largest absolute Gasteiger partial charge is 0.496 e. The van der Waals surface area contributed by atoms with E-state index in [2.05, 4.69) is 23.3 Å². The fourth-order valence-corrected chi connectivity index (χ4v) is 1.82. The minimum Gasteiger partial charge on any atom is -0.496 e. The fraction of sp³-hybridized carbons (Fsp3) is 0.455. The van der Waals surface area contributed by atoms with Crippen molar-refractivity contribution in [2.75, 3.05) is 32.6 Å². The maximum Gasteiger partial charge on any atom is 0.125 e. The van der Waals surface area contributed by atoms with Crippen LogP contribution in [0, 0.1) is 0 Å². The van der Waals surface area contributed by atoms with E-state index in [1.54, 1.807) is 7.11 Å². The van der Waals surface area contributed by atoms with Gasteiger partial charge in [0.1, 0.15) is 5.75 Å². The van der Waals surface area contributed by atoms with E-state index >= 15 is 0 Å². The number of nitrogens with zero attached hydrogens (tertiary/aromatic N) is 1. The quantitative estimate of drug-likeness (QED) is 0.730. The van der Waals surface area contributed by atoms with E-state index < -0.39 is 0 Å². The van der Waals surface area contributed by atoms with Gasteiger partial charge in [0.2, 0.25) is 0 Å². The van der Waals surface area contributed by atoms with Crippen molar-refractivity contribution in [3.63, 3.8) is 0 Å². The zero-order valence-electron chi connectivity index (χ0n) is 8.71. The monoisotopic (exact) mass is 192 g/mol. The van der Waals surface area contributed by atoms with Gasteiger partial charge in [0.25, 0.3) is 0 Å². The van der Waals surface area contributed by atoms with Crippen molar-refractivity contribution < 1.29 is 4.74 Å². The highest BCUT2D eigenvalue weighted by atomic mass is 16.5. The van der Waals surface area contributed by atoms with Gasteiger partial charge in [-0.3, -0.25) is 0 Å². The standard InChI is InChI=1S/C11H16N2O/c1-13-7-6-12-10-4-3-5-11(14-2)9(10)8-13/h3-5,12H,6-8H2,1-2H3. The van der Waals surface area contributed by atoms with E-state index in [9.17, 15) is 0 Å². The van der Waals surface area contributed by atoms with Gasteiger partial charge in [-0.15, -0.1) is 0 Å². The summed E-state index contributed by atoms with van der Waals surface area (Å²) in [6.07, 6.45) is 0. The number of ether oxygens (including phenoxy) is 1. The smallest absolute Gasteiger partial charge is 0.125 e. The van der Waals surface area contributed by atoms with Crippen LogP contribution in [0.25, 0.3) is 0 Å². The molecule has 76 valence electrons. The van der Waals surface area contributed by atoms with Gasteiger partial charge in [-0.2, -0.15) is 0 Å². The molecule has 1 aliphatic rings. The summed E-state index contributed by atoms with van der Waals surface area (Å²) in [5.74, 6) is 0.976. The third kappa shape index (κ3) is 1.68. The Labute approximate surface area is 84.7 Å². The molecule has 0 fully saturated rings. The van der Waals surface area contributed by atoms with Gasteiger partial charge in [-0.05, 0) is 19.2 Å². The molecular formula is C11H16N2O. The summed E-state index contributed by atoms with van der Waals surface area (Å²) in [5, 5.41) is 3.41. The van der Waals surface area contributed by atoms with Gasteiger partial charge in [0, 0.05) is 30.9 Å². The number of hydrogen-bond acceptors (Lipinski definition) is 3. The van der Waals surface area contributed by atoms with Crippen molar-refractivity contribution in [3.8, 4) is 5.75 Å². The lowest BCUT2D eigenvalue weighted by molar-refractivity contribution is 0.335. The van der Waals surface area contributed by atoms with Crippen molar-refractivity contribution in [3.05, 3.63) is 23.8 Å². The molecule has 1 N–H and O–H groups in total. The van der Waals surface area contributed by atoms with E-state index in [1.165, 1.54) is 11.3 Å². The number of benzene rings is 1. The van der Waals surface area contributed by atoms with Crippen LogP contribution < -0.4 is 10.1 Å². The first kappa shape index (κ1) is 9.34. The Bertz CT molecular complexity index is 325. The van der Waals surface area contributed by atoms with Crippen LogP contribution in [0.1, 0.15) is 5.56 Å². The van der Waals surface area contributed by atoms with E-state index in [0.29, 0.717) is 0 Å². The predicted molar refractivity (Wildman–Crippen MR) is 57.8 cm³/mol. The highest BCUT2D eigenvalue weighted by Gasteiger charge is 2.14. The van der Waals surface area contributed by atoms with Crippen molar-refractivity contribution >= 4 is 5.69 Å². The molecule has 1 aromatic carbocycles. The Morgan fingerprint density at radius 2 is 2.29 bits per heavy atom. The van der Waals surface area contributed by atoms with Gasteiger partial charge >= 0.3 is 0 Å². The minimum absolute atomic E-state index is 0.951. The Morgan fingerprint density at radius 1 is 1.43 bits per heavy atom. The van der Waals surface area contributed by atoms with Gasteiger partial charge in [-0.1, -0.05) is 6.07 Å². The molecule has 14 heavy (non-hydrogen) atoms. The third-order valence-corrected chi connectivity index (χ3v) is 2.59. The number of hydrogen-bond donors (Lipinski definition) is 1. The van der Waals surface area contributed by atoms with Crippen LogP contribution in [-0.2, 0) is 6.54 Å². The first-order valence-electron chi connectivity index (χ1n) is 4.89. The maximum atomic E-state index is 5.35. The van der Waals surface area contributed by atoms with Crippen molar-refractivity contribution in [2.45, 2.75) is 6.54 Å². The SMILES string of the molecule is COc1cccc2c1CN(C)CCN2. The second-order valence-corrected chi connectivity index (χ2v) is 3.65. The van der Waals surface area contributed by atoms with E-state index in [0.717, 1.165) is 25.4 Å². The zero-order valence-corrected chi connectivity index (χ0v) is 8.71. The second-order valence-electron chi connectivity index (χ2n) is 3.65.